The third kappa shape index (κ3) is 4.86. The van der Waals surface area contributed by atoms with Gasteiger partial charge in [-0.05, 0) is 47.2 Å². The van der Waals surface area contributed by atoms with Crippen molar-refractivity contribution >= 4 is 26.7 Å². The standard InChI is InChI=1S/C20H14F2N2O4S/c1-29(26,27)24-20(25)17-9-18(21)15(8-19(17)22)11-28-16-5-4-13-6-12(10-23)2-3-14(13)7-16/h2-9H,11H2,1H3,(H,24,25). The zero-order chi connectivity index (χ0) is 21.2. The molecule has 0 heterocycles. The second kappa shape index (κ2) is 7.85. The largest absolute Gasteiger partial charge is 0.489 e. The summed E-state index contributed by atoms with van der Waals surface area (Å²) in [5.41, 5.74) is -0.349. The van der Waals surface area contributed by atoms with Crippen molar-refractivity contribution in [3.05, 3.63) is 76.9 Å². The van der Waals surface area contributed by atoms with Crippen LogP contribution in [0.3, 0.4) is 0 Å². The summed E-state index contributed by atoms with van der Waals surface area (Å²) in [6, 6.07) is 13.6. The van der Waals surface area contributed by atoms with Gasteiger partial charge in [-0.25, -0.2) is 21.9 Å². The van der Waals surface area contributed by atoms with Gasteiger partial charge in [0.1, 0.15) is 24.0 Å². The zero-order valence-corrected chi connectivity index (χ0v) is 15.9. The van der Waals surface area contributed by atoms with Crippen LogP contribution in [0, 0.1) is 23.0 Å². The first-order valence-corrected chi connectivity index (χ1v) is 10.1. The fourth-order valence-electron chi connectivity index (χ4n) is 2.64. The predicted octanol–water partition coefficient (Wildman–Crippen LogP) is 3.26. The molecule has 3 rings (SSSR count). The van der Waals surface area contributed by atoms with E-state index in [2.05, 4.69) is 0 Å². The molecule has 0 aromatic heterocycles. The highest BCUT2D eigenvalue weighted by Crippen LogP contribution is 2.24. The van der Waals surface area contributed by atoms with Gasteiger partial charge in [0, 0.05) is 5.56 Å². The molecular formula is C20H14F2N2O4S. The maximum Gasteiger partial charge on any atom is 0.267 e. The number of sulfonamides is 1. The first-order chi connectivity index (χ1) is 13.7. The van der Waals surface area contributed by atoms with E-state index in [4.69, 9.17) is 10.00 Å². The Morgan fingerprint density at radius 3 is 2.45 bits per heavy atom. The molecule has 0 fully saturated rings. The number of nitrogens with one attached hydrogen (secondary N) is 1. The SMILES string of the molecule is CS(=O)(=O)NC(=O)c1cc(F)c(COc2ccc3cc(C#N)ccc3c2)cc1F. The molecule has 0 bridgehead atoms. The van der Waals surface area contributed by atoms with Gasteiger partial charge >= 0.3 is 0 Å². The Hall–Kier alpha value is -3.51. The van der Waals surface area contributed by atoms with Gasteiger partial charge in [0.15, 0.2) is 0 Å². The fraction of sp³-hybridized carbons (Fsp3) is 0.100. The molecule has 0 spiro atoms. The first kappa shape index (κ1) is 20.2. The number of amides is 1. The molecule has 1 N–H and O–H groups in total. The molecule has 148 valence electrons. The minimum absolute atomic E-state index is 0.140. The average Bonchev–Trinajstić information content (AvgIpc) is 2.66. The molecule has 0 saturated heterocycles. The van der Waals surface area contributed by atoms with Crippen LogP contribution in [0.5, 0.6) is 5.75 Å². The van der Waals surface area contributed by atoms with E-state index in [-0.39, 0.29) is 12.2 Å². The summed E-state index contributed by atoms with van der Waals surface area (Å²) in [6.45, 7) is -0.307. The Labute approximate surface area is 165 Å². The van der Waals surface area contributed by atoms with Gasteiger partial charge < -0.3 is 4.74 Å². The molecule has 3 aromatic carbocycles. The summed E-state index contributed by atoms with van der Waals surface area (Å²) >= 11 is 0. The van der Waals surface area contributed by atoms with Crippen LogP contribution in [0.2, 0.25) is 0 Å². The van der Waals surface area contributed by atoms with Crippen molar-refractivity contribution in [2.45, 2.75) is 6.61 Å². The first-order valence-electron chi connectivity index (χ1n) is 8.23. The molecule has 0 unspecified atom stereocenters. The van der Waals surface area contributed by atoms with E-state index in [1.807, 2.05) is 6.07 Å². The summed E-state index contributed by atoms with van der Waals surface area (Å²) < 4.78 is 57.7. The second-order valence-corrected chi connectivity index (χ2v) is 8.00. The molecule has 0 aliphatic carbocycles. The lowest BCUT2D eigenvalue weighted by atomic mass is 10.1. The molecule has 0 saturated carbocycles. The molecule has 0 radical (unpaired) electrons. The molecule has 29 heavy (non-hydrogen) atoms. The summed E-state index contributed by atoms with van der Waals surface area (Å²) in [5.74, 6) is -2.85. The molecule has 6 nitrogen and oxygen atoms in total. The van der Waals surface area contributed by atoms with Gasteiger partial charge in [0.2, 0.25) is 10.0 Å². The highest BCUT2D eigenvalue weighted by molar-refractivity contribution is 7.89. The summed E-state index contributed by atoms with van der Waals surface area (Å²) in [5, 5.41) is 10.6. The molecule has 0 aliphatic heterocycles. The number of hydrogen-bond acceptors (Lipinski definition) is 5. The van der Waals surface area contributed by atoms with Crippen molar-refractivity contribution in [1.29, 1.82) is 5.26 Å². The lowest BCUT2D eigenvalue weighted by Crippen LogP contribution is -2.30. The number of nitrogens with zero attached hydrogens (tertiary/aromatic N) is 1. The summed E-state index contributed by atoms with van der Waals surface area (Å²) in [7, 11) is -3.91. The van der Waals surface area contributed by atoms with E-state index in [1.54, 1.807) is 41.1 Å². The van der Waals surface area contributed by atoms with Gasteiger partial charge in [0.05, 0.1) is 23.5 Å². The second-order valence-electron chi connectivity index (χ2n) is 6.25. The molecular weight excluding hydrogens is 402 g/mol. The summed E-state index contributed by atoms with van der Waals surface area (Å²) in [4.78, 5) is 11.7. The third-order valence-corrected chi connectivity index (χ3v) is 4.55. The molecule has 0 atom stereocenters. The van der Waals surface area contributed by atoms with Crippen LogP contribution in [-0.2, 0) is 16.6 Å². The third-order valence-electron chi connectivity index (χ3n) is 3.99. The maximum absolute atomic E-state index is 14.3. The molecule has 9 heteroatoms. The molecule has 0 aliphatic rings. The Bertz CT molecular complexity index is 1270. The van der Waals surface area contributed by atoms with Crippen LogP contribution < -0.4 is 9.46 Å². The van der Waals surface area contributed by atoms with Crippen molar-refractivity contribution in [3.8, 4) is 11.8 Å². The van der Waals surface area contributed by atoms with Crippen LogP contribution in [0.1, 0.15) is 21.5 Å². The van der Waals surface area contributed by atoms with E-state index in [0.717, 1.165) is 23.1 Å². The fourth-order valence-corrected chi connectivity index (χ4v) is 3.09. The Morgan fingerprint density at radius 1 is 1.07 bits per heavy atom. The number of halogens is 2. The number of carbonyl (C=O) groups is 1. The van der Waals surface area contributed by atoms with E-state index >= 15 is 0 Å². The average molecular weight is 416 g/mol. The van der Waals surface area contributed by atoms with Crippen LogP contribution in [-0.4, -0.2) is 20.6 Å². The number of hydrogen-bond donors (Lipinski definition) is 1. The topological polar surface area (TPSA) is 96.3 Å². The lowest BCUT2D eigenvalue weighted by molar-refractivity contribution is 0.0977. The normalized spacial score (nSPS) is 11.1. The Kier molecular flexibility index (Phi) is 5.48. The monoisotopic (exact) mass is 416 g/mol. The van der Waals surface area contributed by atoms with Crippen LogP contribution >= 0.6 is 0 Å². The number of benzene rings is 3. The number of rotatable bonds is 5. The number of nitriles is 1. The van der Waals surface area contributed by atoms with Gasteiger partial charge in [-0.15, -0.1) is 0 Å². The van der Waals surface area contributed by atoms with E-state index in [1.165, 1.54) is 0 Å². The lowest BCUT2D eigenvalue weighted by Gasteiger charge is -2.10. The minimum Gasteiger partial charge on any atom is -0.489 e. The van der Waals surface area contributed by atoms with Crippen molar-refractivity contribution in [1.82, 2.24) is 4.72 Å². The Morgan fingerprint density at radius 2 is 1.76 bits per heavy atom. The highest BCUT2D eigenvalue weighted by Gasteiger charge is 2.19. The van der Waals surface area contributed by atoms with Crippen molar-refractivity contribution in [3.63, 3.8) is 0 Å². The van der Waals surface area contributed by atoms with Gasteiger partial charge in [0.25, 0.3) is 5.91 Å². The van der Waals surface area contributed by atoms with E-state index in [0.29, 0.717) is 17.4 Å². The Balaban J connectivity index is 1.79. The smallest absolute Gasteiger partial charge is 0.267 e. The van der Waals surface area contributed by atoms with Gasteiger partial charge in [-0.2, -0.15) is 5.26 Å². The van der Waals surface area contributed by atoms with Crippen LogP contribution in [0.4, 0.5) is 8.78 Å². The van der Waals surface area contributed by atoms with Crippen LogP contribution in [0.25, 0.3) is 10.8 Å². The zero-order valence-electron chi connectivity index (χ0n) is 15.1. The van der Waals surface area contributed by atoms with E-state index in [9.17, 15) is 22.0 Å². The van der Waals surface area contributed by atoms with Crippen molar-refractivity contribution in [2.24, 2.45) is 0 Å². The van der Waals surface area contributed by atoms with Gasteiger partial charge in [-0.1, -0.05) is 12.1 Å². The number of ether oxygens (including phenoxy) is 1. The highest BCUT2D eigenvalue weighted by atomic mass is 32.2. The van der Waals surface area contributed by atoms with E-state index < -0.39 is 33.1 Å². The number of fused-ring (bicyclic) bond motifs is 1. The molecule has 3 aromatic rings. The van der Waals surface area contributed by atoms with Gasteiger partial charge in [-0.3, -0.25) is 4.79 Å². The molecule has 1 amide bonds. The number of carbonyl (C=O) groups excluding carboxylic acids is 1. The predicted molar refractivity (Wildman–Crippen MR) is 102 cm³/mol. The van der Waals surface area contributed by atoms with Crippen molar-refractivity contribution < 1.29 is 26.7 Å². The summed E-state index contributed by atoms with van der Waals surface area (Å²) in [6.07, 6.45) is 0.728. The minimum atomic E-state index is -3.91. The van der Waals surface area contributed by atoms with Crippen molar-refractivity contribution in [2.75, 3.05) is 6.26 Å². The maximum atomic E-state index is 14.3. The quantitative estimate of drug-likeness (QED) is 0.689. The van der Waals surface area contributed by atoms with Crippen LogP contribution in [0.15, 0.2) is 48.5 Å².